The molecular weight excluding hydrogens is 454 g/mol. The lowest BCUT2D eigenvalue weighted by molar-refractivity contribution is -0.121. The van der Waals surface area contributed by atoms with Gasteiger partial charge in [0, 0.05) is 43.2 Å². The Labute approximate surface area is 192 Å². The maximum atomic E-state index is 13.0. The quantitative estimate of drug-likeness (QED) is 0.536. The number of carbonyl (C=O) groups is 2. The van der Waals surface area contributed by atoms with E-state index in [1.54, 1.807) is 48.5 Å². The fraction of sp³-hybridized carbons (Fsp3) is 0.364. The van der Waals surface area contributed by atoms with Crippen LogP contribution in [0.25, 0.3) is 0 Å². The first kappa shape index (κ1) is 24.2. The van der Waals surface area contributed by atoms with Crippen molar-refractivity contribution in [3.8, 4) is 0 Å². The fourth-order valence-electron chi connectivity index (χ4n) is 3.26. The van der Waals surface area contributed by atoms with Crippen LogP contribution >= 0.6 is 11.6 Å². The van der Waals surface area contributed by atoms with Crippen LogP contribution < -0.4 is 10.6 Å². The zero-order valence-corrected chi connectivity index (χ0v) is 19.1. The highest BCUT2D eigenvalue weighted by molar-refractivity contribution is 7.89. The molecule has 0 atom stereocenters. The van der Waals surface area contributed by atoms with Crippen molar-refractivity contribution in [1.29, 1.82) is 0 Å². The lowest BCUT2D eigenvalue weighted by Crippen LogP contribution is -2.41. The molecule has 1 saturated heterocycles. The first-order valence-corrected chi connectivity index (χ1v) is 12.2. The average molecular weight is 480 g/mol. The van der Waals surface area contributed by atoms with E-state index in [9.17, 15) is 18.0 Å². The summed E-state index contributed by atoms with van der Waals surface area (Å²) in [5, 5.41) is 6.08. The van der Waals surface area contributed by atoms with Crippen LogP contribution in [-0.4, -0.2) is 57.4 Å². The van der Waals surface area contributed by atoms with Gasteiger partial charge in [0.1, 0.15) is 0 Å². The molecule has 10 heteroatoms. The summed E-state index contributed by atoms with van der Waals surface area (Å²) < 4.78 is 32.6. The average Bonchev–Trinajstić information content (AvgIpc) is 2.81. The number of halogens is 1. The minimum Gasteiger partial charge on any atom is -0.379 e. The normalized spacial score (nSPS) is 14.7. The van der Waals surface area contributed by atoms with E-state index in [4.69, 9.17) is 16.3 Å². The number of rotatable bonds is 9. The van der Waals surface area contributed by atoms with E-state index in [0.717, 1.165) is 0 Å². The highest BCUT2D eigenvalue weighted by Gasteiger charge is 2.28. The molecule has 1 fully saturated rings. The van der Waals surface area contributed by atoms with E-state index in [-0.39, 0.29) is 29.7 Å². The van der Waals surface area contributed by atoms with Crippen LogP contribution in [0.15, 0.2) is 53.4 Å². The molecule has 2 N–H and O–H groups in total. The maximum absolute atomic E-state index is 13.0. The van der Waals surface area contributed by atoms with Crippen LogP contribution in [0.2, 0.25) is 5.02 Å². The number of hydrogen-bond donors (Lipinski definition) is 2. The minimum atomic E-state index is -3.65. The summed E-state index contributed by atoms with van der Waals surface area (Å²) in [5.41, 5.74) is 1.03. The van der Waals surface area contributed by atoms with Gasteiger partial charge in [-0.2, -0.15) is 4.31 Å². The van der Waals surface area contributed by atoms with E-state index in [1.165, 1.54) is 4.31 Å². The van der Waals surface area contributed by atoms with Crippen LogP contribution in [0.3, 0.4) is 0 Å². The number of carbonyl (C=O) groups excluding carboxylic acids is 2. The third kappa shape index (κ3) is 6.52. The fourth-order valence-corrected chi connectivity index (χ4v) is 5.02. The second-order valence-electron chi connectivity index (χ2n) is 7.27. The highest BCUT2D eigenvalue weighted by atomic mass is 35.5. The molecule has 0 bridgehead atoms. The maximum Gasteiger partial charge on any atom is 0.251 e. The van der Waals surface area contributed by atoms with Gasteiger partial charge in [-0.1, -0.05) is 29.8 Å². The second kappa shape index (κ2) is 11.4. The summed E-state index contributed by atoms with van der Waals surface area (Å²) >= 11 is 5.81. The van der Waals surface area contributed by atoms with Crippen molar-refractivity contribution in [3.05, 3.63) is 64.7 Å². The van der Waals surface area contributed by atoms with Crippen LogP contribution in [0.4, 0.5) is 0 Å². The zero-order chi connectivity index (χ0) is 23.0. The van der Waals surface area contributed by atoms with Gasteiger partial charge in [-0.3, -0.25) is 9.59 Å². The molecule has 0 unspecified atom stereocenters. The third-order valence-electron chi connectivity index (χ3n) is 5.01. The molecular formula is C22H26ClN3O5S. The largest absolute Gasteiger partial charge is 0.379 e. The second-order valence-corrected chi connectivity index (χ2v) is 9.61. The summed E-state index contributed by atoms with van der Waals surface area (Å²) in [5.74, 6) is -0.450. The summed E-state index contributed by atoms with van der Waals surface area (Å²) in [6.07, 6.45) is 0.665. The SMILES string of the molecule is O=C(CCCNC(=O)c1ccc(Cl)cc1)NCc1ccccc1S(=O)(=O)N1CCOCC1. The Morgan fingerprint density at radius 3 is 2.41 bits per heavy atom. The number of amides is 2. The Kier molecular flexibility index (Phi) is 8.63. The van der Waals surface area contributed by atoms with Gasteiger partial charge in [0.15, 0.2) is 0 Å². The standard InChI is InChI=1S/C22H26ClN3O5S/c23-19-9-7-17(8-10-19)22(28)24-11-3-6-21(27)25-16-18-4-1-2-5-20(18)32(29,30)26-12-14-31-15-13-26/h1-2,4-5,7-10H,3,6,11-16H2,(H,24,28)(H,25,27). The van der Waals surface area contributed by atoms with Crippen LogP contribution in [0.1, 0.15) is 28.8 Å². The van der Waals surface area contributed by atoms with E-state index < -0.39 is 10.0 Å². The van der Waals surface area contributed by atoms with Gasteiger partial charge in [0.25, 0.3) is 5.91 Å². The van der Waals surface area contributed by atoms with E-state index in [0.29, 0.717) is 55.4 Å². The molecule has 3 rings (SSSR count). The molecule has 0 radical (unpaired) electrons. The van der Waals surface area contributed by atoms with Gasteiger partial charge in [0.05, 0.1) is 18.1 Å². The summed E-state index contributed by atoms with van der Waals surface area (Å²) in [6, 6.07) is 13.2. The van der Waals surface area contributed by atoms with Gasteiger partial charge in [0.2, 0.25) is 15.9 Å². The van der Waals surface area contributed by atoms with Crippen LogP contribution in [-0.2, 0) is 26.1 Å². The van der Waals surface area contributed by atoms with Gasteiger partial charge in [-0.15, -0.1) is 0 Å². The van der Waals surface area contributed by atoms with Crippen molar-refractivity contribution in [1.82, 2.24) is 14.9 Å². The van der Waals surface area contributed by atoms with Crippen molar-refractivity contribution in [3.63, 3.8) is 0 Å². The van der Waals surface area contributed by atoms with Crippen LogP contribution in [0.5, 0.6) is 0 Å². The smallest absolute Gasteiger partial charge is 0.251 e. The van der Waals surface area contributed by atoms with Gasteiger partial charge in [-0.25, -0.2) is 8.42 Å². The number of hydrogen-bond acceptors (Lipinski definition) is 5. The zero-order valence-electron chi connectivity index (χ0n) is 17.6. The lowest BCUT2D eigenvalue weighted by Gasteiger charge is -2.27. The number of ether oxygens (including phenoxy) is 1. The first-order chi connectivity index (χ1) is 15.4. The predicted molar refractivity (Wildman–Crippen MR) is 121 cm³/mol. The van der Waals surface area contributed by atoms with Crippen molar-refractivity contribution in [2.75, 3.05) is 32.8 Å². The van der Waals surface area contributed by atoms with E-state index in [1.807, 2.05) is 0 Å². The van der Waals surface area contributed by atoms with Crippen molar-refractivity contribution in [2.24, 2.45) is 0 Å². The molecule has 1 heterocycles. The minimum absolute atomic E-state index is 0.107. The molecule has 0 aromatic heterocycles. The molecule has 2 aromatic carbocycles. The Morgan fingerprint density at radius 2 is 1.69 bits per heavy atom. The number of nitrogens with one attached hydrogen (secondary N) is 2. The molecule has 1 aliphatic heterocycles. The number of nitrogens with zero attached hydrogens (tertiary/aromatic N) is 1. The Hall–Kier alpha value is -2.46. The van der Waals surface area contributed by atoms with Crippen molar-refractivity contribution >= 4 is 33.4 Å². The first-order valence-electron chi connectivity index (χ1n) is 10.3. The predicted octanol–water partition coefficient (Wildman–Crippen LogP) is 2.19. The lowest BCUT2D eigenvalue weighted by atomic mass is 10.2. The molecule has 1 aliphatic rings. The summed E-state index contributed by atoms with van der Waals surface area (Å²) in [6.45, 7) is 1.81. The molecule has 2 amide bonds. The molecule has 32 heavy (non-hydrogen) atoms. The number of morpholine rings is 1. The molecule has 8 nitrogen and oxygen atoms in total. The van der Waals surface area contributed by atoms with Crippen molar-refractivity contribution in [2.45, 2.75) is 24.3 Å². The van der Waals surface area contributed by atoms with Gasteiger partial charge in [-0.05, 0) is 42.3 Å². The molecule has 172 valence electrons. The molecule has 0 saturated carbocycles. The molecule has 0 spiro atoms. The number of benzene rings is 2. The van der Waals surface area contributed by atoms with Crippen molar-refractivity contribution < 1.29 is 22.7 Å². The van der Waals surface area contributed by atoms with Gasteiger partial charge < -0.3 is 15.4 Å². The topological polar surface area (TPSA) is 105 Å². The molecule has 0 aliphatic carbocycles. The van der Waals surface area contributed by atoms with E-state index >= 15 is 0 Å². The van der Waals surface area contributed by atoms with E-state index in [2.05, 4.69) is 10.6 Å². The Balaban J connectivity index is 1.47. The van der Waals surface area contributed by atoms with Crippen LogP contribution in [0, 0.1) is 0 Å². The highest BCUT2D eigenvalue weighted by Crippen LogP contribution is 2.21. The summed E-state index contributed by atoms with van der Waals surface area (Å²) in [7, 11) is -3.65. The Morgan fingerprint density at radius 1 is 1.00 bits per heavy atom. The third-order valence-corrected chi connectivity index (χ3v) is 7.26. The number of sulfonamides is 1. The Bertz CT molecular complexity index is 1040. The molecule has 2 aromatic rings. The summed E-state index contributed by atoms with van der Waals surface area (Å²) in [4.78, 5) is 24.5. The monoisotopic (exact) mass is 479 g/mol. The van der Waals surface area contributed by atoms with Gasteiger partial charge >= 0.3 is 0 Å².